The largest absolute Gasteiger partial charge is 0.497 e. The van der Waals surface area contributed by atoms with E-state index in [9.17, 15) is 19.4 Å². The molecule has 3 aromatic rings. The Hall–Kier alpha value is -2.20. The van der Waals surface area contributed by atoms with Crippen LogP contribution in [0.15, 0.2) is 46.1 Å². The third kappa shape index (κ3) is 5.54. The van der Waals surface area contributed by atoms with E-state index >= 15 is 0 Å². The van der Waals surface area contributed by atoms with Crippen molar-refractivity contribution in [1.29, 1.82) is 0 Å². The molecular formula is C25H29FN2O4S2. The maximum absolute atomic E-state index is 14.7. The second-order valence-corrected chi connectivity index (χ2v) is 11.0. The number of likely N-dealkylation sites (tertiary alicyclic amines) is 1. The van der Waals surface area contributed by atoms with Crippen LogP contribution in [0.1, 0.15) is 37.4 Å². The van der Waals surface area contributed by atoms with Gasteiger partial charge in [0.2, 0.25) is 0 Å². The highest BCUT2D eigenvalue weighted by atomic mass is 32.2. The fraction of sp³-hybridized carbons (Fsp3) is 0.440. The first-order chi connectivity index (χ1) is 16.4. The van der Waals surface area contributed by atoms with Crippen LogP contribution >= 0.6 is 23.1 Å². The van der Waals surface area contributed by atoms with Crippen molar-refractivity contribution < 1.29 is 24.1 Å². The first-order valence-electron chi connectivity index (χ1n) is 11.3. The second-order valence-electron chi connectivity index (χ2n) is 8.67. The molecule has 1 atom stereocenters. The van der Waals surface area contributed by atoms with Gasteiger partial charge in [-0.1, -0.05) is 6.07 Å². The quantitative estimate of drug-likeness (QED) is 0.367. The van der Waals surface area contributed by atoms with Crippen molar-refractivity contribution in [2.45, 2.75) is 36.0 Å². The van der Waals surface area contributed by atoms with Crippen LogP contribution in [-0.2, 0) is 4.79 Å². The molecule has 34 heavy (non-hydrogen) atoms. The summed E-state index contributed by atoms with van der Waals surface area (Å²) >= 11 is 3.55. The number of pyridine rings is 1. The van der Waals surface area contributed by atoms with Crippen LogP contribution in [0.25, 0.3) is 10.9 Å². The molecule has 1 saturated heterocycles. The zero-order valence-electron chi connectivity index (χ0n) is 19.1. The van der Waals surface area contributed by atoms with Crippen LogP contribution in [0.2, 0.25) is 0 Å². The highest BCUT2D eigenvalue weighted by Gasteiger charge is 2.41. The lowest BCUT2D eigenvalue weighted by molar-refractivity contribution is -0.153. The molecule has 9 heteroatoms. The Morgan fingerprint density at radius 2 is 2.15 bits per heavy atom. The number of carboxylic acid groups (broad SMARTS) is 1. The molecule has 0 amide bonds. The average Bonchev–Trinajstić information content (AvgIpc) is 3.36. The summed E-state index contributed by atoms with van der Waals surface area (Å²) in [6, 6.07) is 9.26. The molecule has 0 saturated carbocycles. The van der Waals surface area contributed by atoms with Crippen LogP contribution in [0.4, 0.5) is 4.39 Å². The third-order valence-corrected chi connectivity index (χ3v) is 8.82. The minimum atomic E-state index is -1.13. The van der Waals surface area contributed by atoms with Crippen molar-refractivity contribution in [3.05, 3.63) is 53.3 Å². The van der Waals surface area contributed by atoms with Gasteiger partial charge >= 0.3 is 5.97 Å². The molecule has 1 aromatic carbocycles. The van der Waals surface area contributed by atoms with Crippen LogP contribution in [0.3, 0.4) is 0 Å². The number of piperidine rings is 1. The summed E-state index contributed by atoms with van der Waals surface area (Å²) < 4.78 is 21.2. The van der Waals surface area contributed by atoms with Crippen molar-refractivity contribution >= 4 is 40.0 Å². The van der Waals surface area contributed by atoms with Gasteiger partial charge in [0.05, 0.1) is 34.6 Å². The Balaban J connectivity index is 1.39. The Morgan fingerprint density at radius 1 is 1.35 bits per heavy atom. The summed E-state index contributed by atoms with van der Waals surface area (Å²) in [6.45, 7) is 2.32. The molecule has 3 heterocycles. The number of aliphatic carboxylic acids is 1. The first-order valence-corrected chi connectivity index (χ1v) is 13.2. The van der Waals surface area contributed by atoms with Gasteiger partial charge in [0.15, 0.2) is 0 Å². The Bertz CT molecular complexity index is 1120. The maximum Gasteiger partial charge on any atom is 0.309 e. The fourth-order valence-electron chi connectivity index (χ4n) is 4.59. The molecule has 0 bridgehead atoms. The van der Waals surface area contributed by atoms with E-state index < -0.39 is 23.3 Å². The number of carbonyl (C=O) groups is 1. The predicted octanol–water partition coefficient (Wildman–Crippen LogP) is 5.22. The number of nitrogens with zero attached hydrogens (tertiary/aromatic N) is 2. The van der Waals surface area contributed by atoms with E-state index in [1.165, 1.54) is 11.3 Å². The Morgan fingerprint density at radius 3 is 2.82 bits per heavy atom. The second kappa shape index (κ2) is 11.0. The summed E-state index contributed by atoms with van der Waals surface area (Å²) in [7, 11) is 1.52. The molecule has 2 aromatic heterocycles. The molecule has 2 N–H and O–H groups in total. The molecule has 1 fully saturated rings. The lowest BCUT2D eigenvalue weighted by atomic mass is 9.74. The highest BCUT2D eigenvalue weighted by Crippen LogP contribution is 2.40. The number of aliphatic hydroxyl groups excluding tert-OH is 1. The van der Waals surface area contributed by atoms with Gasteiger partial charge in [0.1, 0.15) is 11.6 Å². The third-order valence-electron chi connectivity index (χ3n) is 6.71. The number of hydrogen-bond acceptors (Lipinski definition) is 7. The van der Waals surface area contributed by atoms with Gasteiger partial charge in [-0.15, -0.1) is 23.1 Å². The molecule has 0 unspecified atom stereocenters. The van der Waals surface area contributed by atoms with Crippen molar-refractivity contribution in [2.24, 2.45) is 5.41 Å². The number of aromatic nitrogens is 1. The zero-order valence-corrected chi connectivity index (χ0v) is 20.7. The number of fused-ring (bicyclic) bond motifs is 1. The minimum Gasteiger partial charge on any atom is -0.497 e. The number of carboxylic acids is 1. The number of thiophene rings is 1. The van der Waals surface area contributed by atoms with Crippen molar-refractivity contribution in [3.63, 3.8) is 0 Å². The number of rotatable bonds is 10. The van der Waals surface area contributed by atoms with E-state index in [0.717, 1.165) is 18.5 Å². The van der Waals surface area contributed by atoms with Crippen molar-refractivity contribution in [3.8, 4) is 5.75 Å². The van der Waals surface area contributed by atoms with Gasteiger partial charge in [-0.2, -0.15) is 0 Å². The highest BCUT2D eigenvalue weighted by molar-refractivity contribution is 8.01. The number of hydrogen-bond donors (Lipinski definition) is 2. The lowest BCUT2D eigenvalue weighted by Crippen LogP contribution is -2.45. The molecule has 4 rings (SSSR count). The van der Waals surface area contributed by atoms with Gasteiger partial charge in [-0.25, -0.2) is 4.39 Å². The van der Waals surface area contributed by atoms with E-state index in [1.54, 1.807) is 29.5 Å². The summed E-state index contributed by atoms with van der Waals surface area (Å²) in [5.41, 5.74) is -0.208. The Labute approximate surface area is 206 Å². The van der Waals surface area contributed by atoms with Crippen molar-refractivity contribution in [2.75, 3.05) is 32.5 Å². The predicted molar refractivity (Wildman–Crippen MR) is 133 cm³/mol. The number of aliphatic hydroxyl groups is 1. The Kier molecular flexibility index (Phi) is 8.08. The zero-order chi connectivity index (χ0) is 24.1. The monoisotopic (exact) mass is 504 g/mol. The van der Waals surface area contributed by atoms with E-state index in [0.29, 0.717) is 42.6 Å². The number of thioether (sulfide) groups is 1. The van der Waals surface area contributed by atoms with Gasteiger partial charge in [-0.3, -0.25) is 9.78 Å². The first kappa shape index (κ1) is 24.9. The van der Waals surface area contributed by atoms with Crippen molar-refractivity contribution in [1.82, 2.24) is 9.88 Å². The maximum atomic E-state index is 14.7. The molecule has 0 radical (unpaired) electrons. The summed E-state index contributed by atoms with van der Waals surface area (Å²) in [5.74, 6) is 0.0710. The number of methoxy groups -OCH3 is 1. The van der Waals surface area contributed by atoms with Crippen LogP contribution in [-0.4, -0.2) is 58.6 Å². The van der Waals surface area contributed by atoms with E-state index in [-0.39, 0.29) is 18.4 Å². The molecule has 1 aliphatic heterocycles. The van der Waals surface area contributed by atoms with Crippen LogP contribution < -0.4 is 4.74 Å². The molecule has 182 valence electrons. The molecule has 6 nitrogen and oxygen atoms in total. The lowest BCUT2D eigenvalue weighted by Gasteiger charge is -2.39. The van der Waals surface area contributed by atoms with Gasteiger partial charge in [0, 0.05) is 23.2 Å². The van der Waals surface area contributed by atoms with E-state index in [1.807, 2.05) is 17.8 Å². The summed E-state index contributed by atoms with van der Waals surface area (Å²) in [4.78, 5) is 18.7. The van der Waals surface area contributed by atoms with E-state index in [2.05, 4.69) is 21.3 Å². The van der Waals surface area contributed by atoms with E-state index in [4.69, 9.17) is 4.74 Å². The molecular weight excluding hydrogens is 475 g/mol. The summed E-state index contributed by atoms with van der Waals surface area (Å²) in [5, 5.41) is 23.5. The van der Waals surface area contributed by atoms with Gasteiger partial charge in [0.25, 0.3) is 0 Å². The normalized spacial score (nSPS) is 17.0. The smallest absolute Gasteiger partial charge is 0.309 e. The molecule has 0 spiro atoms. The number of halogens is 1. The number of ether oxygens (including phenoxy) is 1. The minimum absolute atomic E-state index is 0.146. The van der Waals surface area contributed by atoms with Crippen LogP contribution in [0, 0.1) is 11.2 Å². The average molecular weight is 505 g/mol. The topological polar surface area (TPSA) is 82.9 Å². The van der Waals surface area contributed by atoms with Gasteiger partial charge in [-0.05, 0) is 68.4 Å². The SMILES string of the molecule is COc1ccc2ncc(F)c([C@@H](O)CCC3(C(=O)O)CCN(CCSc4cccs4)CC3)c2c1. The standard InChI is InChI=1S/C25H29FN2O4S2/c1-32-17-4-5-20-18(15-17)23(19(26)16-27-20)21(29)6-7-25(24(30)31)8-10-28(11-9-25)12-14-34-22-3-2-13-33-22/h2-5,13,15-16,21,29H,6-12,14H2,1H3,(H,30,31)/t21-/m0/s1. The fourth-order valence-corrected chi connectivity index (χ4v) is 6.45. The number of benzene rings is 1. The van der Waals surface area contributed by atoms with Crippen LogP contribution in [0.5, 0.6) is 5.75 Å². The molecule has 1 aliphatic rings. The van der Waals surface area contributed by atoms with Gasteiger partial charge < -0.3 is 19.8 Å². The summed E-state index contributed by atoms with van der Waals surface area (Å²) in [6.07, 6.45) is 1.46. The molecule has 0 aliphatic carbocycles.